The van der Waals surface area contributed by atoms with Crippen molar-refractivity contribution >= 4 is 23.1 Å². The summed E-state index contributed by atoms with van der Waals surface area (Å²) in [6.45, 7) is 33.2. The summed E-state index contributed by atoms with van der Waals surface area (Å²) in [6.07, 6.45) is 41.6. The van der Waals surface area contributed by atoms with Crippen molar-refractivity contribution in [1.82, 2.24) is 0 Å². The minimum atomic E-state index is 0.370. The van der Waals surface area contributed by atoms with Gasteiger partial charge in [0, 0.05) is 32.1 Å². The Morgan fingerprint density at radius 3 is 1.46 bits per heavy atom. The van der Waals surface area contributed by atoms with Crippen LogP contribution in [0.5, 0.6) is 0 Å². The zero-order chi connectivity index (χ0) is 56.0. The lowest BCUT2D eigenvalue weighted by Gasteiger charge is -2.56. The van der Waals surface area contributed by atoms with Crippen LogP contribution in [0.1, 0.15) is 289 Å². The van der Waals surface area contributed by atoms with Crippen molar-refractivity contribution in [1.29, 1.82) is 0 Å². The Labute approximate surface area is 467 Å². The molecule has 0 unspecified atom stereocenters. The summed E-state index contributed by atoms with van der Waals surface area (Å²) in [7, 11) is 0. The number of Topliss-reactive ketones (excluding diaryl/α,β-unsaturated/α-hetero) is 4. The standard InChI is InChI=1S/C22H34.C20H28O.3C10H16O/c1-14(2)17-8-9-19-16-6-7-18-15(3)10-12-22(18,5)20(16)11-13-21(17,19)4;1-4-5-6-9-12-17(2)13-10-7-8-11-14-19-18(3)15-16-20(19)21;3*1-3-4-5-9-8(2)6-7-10(9)11/h16-17,19-20H,1,6-13H2,2-5H3;7-8,12H,6,9-11,13-16H2,1-3H3;3*3-7H2,1-2H3/b;8-7+,17-12+;;;/t16-,17+,19-,20-,21+,22-;;;;/m1..../s1. The number of unbranched alkanes of at least 4 members (excludes halogenated alkanes) is 4. The molecular weight excluding hydrogens is 929 g/mol. The van der Waals surface area contributed by atoms with Crippen LogP contribution in [0.25, 0.3) is 0 Å². The summed E-state index contributed by atoms with van der Waals surface area (Å²) >= 11 is 0. The van der Waals surface area contributed by atoms with E-state index in [0.29, 0.717) is 34.0 Å². The first-order valence-corrected chi connectivity index (χ1v) is 31.2. The molecule has 0 aromatic heterocycles. The molecule has 8 rings (SSSR count). The van der Waals surface area contributed by atoms with Gasteiger partial charge in [-0.3, -0.25) is 19.2 Å². The van der Waals surface area contributed by atoms with Crippen LogP contribution in [0, 0.1) is 46.3 Å². The minimum absolute atomic E-state index is 0.370. The van der Waals surface area contributed by atoms with E-state index in [1.54, 1.807) is 5.57 Å². The third kappa shape index (κ3) is 17.8. The number of carbonyl (C=O) groups is 4. The zero-order valence-electron chi connectivity index (χ0n) is 51.3. The second kappa shape index (κ2) is 32.3. The number of fused-ring (bicyclic) bond motifs is 5. The molecule has 0 radical (unpaired) electrons. The van der Waals surface area contributed by atoms with Crippen molar-refractivity contribution in [2.75, 3.05) is 0 Å². The smallest absolute Gasteiger partial charge is 0.159 e. The Hall–Kier alpha value is -3.84. The molecule has 0 aromatic rings. The van der Waals surface area contributed by atoms with E-state index in [1.165, 1.54) is 123 Å². The van der Waals surface area contributed by atoms with Gasteiger partial charge in [0.15, 0.2) is 23.1 Å². The van der Waals surface area contributed by atoms with Gasteiger partial charge in [-0.2, -0.15) is 0 Å². The molecule has 0 aliphatic heterocycles. The fourth-order valence-corrected chi connectivity index (χ4v) is 15.0. The van der Waals surface area contributed by atoms with Crippen molar-refractivity contribution in [2.45, 2.75) is 289 Å². The Morgan fingerprint density at radius 1 is 0.553 bits per heavy atom. The summed E-state index contributed by atoms with van der Waals surface area (Å²) in [6, 6.07) is 0. The molecule has 0 N–H and O–H groups in total. The van der Waals surface area contributed by atoms with Gasteiger partial charge in [0.05, 0.1) is 0 Å². The van der Waals surface area contributed by atoms with Crippen molar-refractivity contribution in [2.24, 2.45) is 34.5 Å². The molecule has 6 atom stereocenters. The van der Waals surface area contributed by atoms with Gasteiger partial charge < -0.3 is 0 Å². The highest BCUT2D eigenvalue weighted by molar-refractivity contribution is 6.00. The molecule has 3 fully saturated rings. The normalized spacial score (nSPS) is 26.9. The fraction of sp³-hybridized carbons (Fsp3) is 0.694. The SMILES string of the molecule is C=C(C)[C@@H]1CC[C@@H]2[C@H]3CCC4=C(C)CC[C@@]4(C)[C@@H]3CC[C@]21C.CC#CCC/C=C(\C)CC/C=C/CCC1=C(C)CCC1=O.CCCCC1=C(C)CCC1=O.CCCCC1=C(C)CCC1=O.CCCCC1=C(C)CCC1=O. The summed E-state index contributed by atoms with van der Waals surface area (Å²) in [4.78, 5) is 45.3. The van der Waals surface area contributed by atoms with Gasteiger partial charge >= 0.3 is 0 Å². The predicted octanol–water partition coefficient (Wildman–Crippen LogP) is 20.6. The summed E-state index contributed by atoms with van der Waals surface area (Å²) in [5, 5.41) is 0. The molecule has 8 aliphatic carbocycles. The number of carbonyl (C=O) groups excluding carboxylic acids is 4. The van der Waals surface area contributed by atoms with Crippen LogP contribution in [0.4, 0.5) is 0 Å². The average Bonchev–Trinajstić information content (AvgIpc) is 4.28. The highest BCUT2D eigenvalue weighted by Gasteiger charge is 2.59. The molecule has 4 heteroatoms. The highest BCUT2D eigenvalue weighted by atomic mass is 16.1. The number of hydrogen-bond donors (Lipinski definition) is 0. The lowest BCUT2D eigenvalue weighted by molar-refractivity contribution is -0.115. The number of hydrogen-bond acceptors (Lipinski definition) is 4. The maximum absolute atomic E-state index is 11.6. The summed E-state index contributed by atoms with van der Waals surface area (Å²) in [5.41, 5.74) is 17.5. The Bertz CT molecular complexity index is 2210. The zero-order valence-corrected chi connectivity index (χ0v) is 51.3. The summed E-state index contributed by atoms with van der Waals surface area (Å²) < 4.78 is 0. The van der Waals surface area contributed by atoms with Crippen LogP contribution in [0.15, 0.2) is 91.7 Å². The first-order chi connectivity index (χ1) is 36.3. The molecule has 0 saturated heterocycles. The molecule has 422 valence electrons. The molecule has 0 amide bonds. The fourth-order valence-electron chi connectivity index (χ4n) is 15.0. The van der Waals surface area contributed by atoms with E-state index >= 15 is 0 Å². The van der Waals surface area contributed by atoms with Gasteiger partial charge in [0.25, 0.3) is 0 Å². The van der Waals surface area contributed by atoms with Gasteiger partial charge in [-0.05, 0) is 260 Å². The number of rotatable bonds is 18. The molecule has 0 bridgehead atoms. The van der Waals surface area contributed by atoms with Crippen LogP contribution in [0.3, 0.4) is 0 Å². The Balaban J connectivity index is 0.000000214. The monoisotopic (exact) mass is 1040 g/mol. The van der Waals surface area contributed by atoms with Crippen molar-refractivity contribution in [3.63, 3.8) is 0 Å². The van der Waals surface area contributed by atoms with E-state index in [-0.39, 0.29) is 0 Å². The van der Waals surface area contributed by atoms with Crippen molar-refractivity contribution < 1.29 is 19.2 Å². The third-order valence-corrected chi connectivity index (χ3v) is 19.8. The lowest BCUT2D eigenvalue weighted by Crippen LogP contribution is -2.48. The van der Waals surface area contributed by atoms with Crippen molar-refractivity contribution in [3.8, 4) is 11.8 Å². The first-order valence-electron chi connectivity index (χ1n) is 31.2. The quantitative estimate of drug-likeness (QED) is 0.0779. The topological polar surface area (TPSA) is 68.3 Å². The molecule has 4 nitrogen and oxygen atoms in total. The van der Waals surface area contributed by atoms with Gasteiger partial charge in [-0.25, -0.2) is 0 Å². The van der Waals surface area contributed by atoms with Crippen LogP contribution in [-0.4, -0.2) is 23.1 Å². The Morgan fingerprint density at radius 2 is 1.03 bits per heavy atom. The molecule has 3 saturated carbocycles. The molecular formula is C72H110O4. The van der Waals surface area contributed by atoms with Gasteiger partial charge in [0.1, 0.15) is 0 Å². The van der Waals surface area contributed by atoms with E-state index in [2.05, 4.69) is 120 Å². The molecule has 0 aromatic carbocycles. The third-order valence-electron chi connectivity index (χ3n) is 19.8. The molecule has 76 heavy (non-hydrogen) atoms. The lowest BCUT2D eigenvalue weighted by atomic mass is 9.48. The van der Waals surface area contributed by atoms with E-state index < -0.39 is 0 Å². The van der Waals surface area contributed by atoms with Crippen LogP contribution in [0.2, 0.25) is 0 Å². The van der Waals surface area contributed by atoms with E-state index in [1.807, 2.05) is 12.5 Å². The maximum Gasteiger partial charge on any atom is 0.159 e. The largest absolute Gasteiger partial charge is 0.295 e. The first kappa shape index (κ1) is 64.7. The molecule has 8 aliphatic rings. The van der Waals surface area contributed by atoms with Gasteiger partial charge in [-0.15, -0.1) is 11.8 Å². The number of ketones is 4. The van der Waals surface area contributed by atoms with Crippen molar-refractivity contribution in [3.05, 3.63) is 91.7 Å². The number of allylic oxidation sites excluding steroid dienone is 15. The summed E-state index contributed by atoms with van der Waals surface area (Å²) in [5.74, 6) is 11.3. The Kier molecular flexibility index (Phi) is 27.5. The van der Waals surface area contributed by atoms with Crippen LogP contribution >= 0.6 is 0 Å². The van der Waals surface area contributed by atoms with Gasteiger partial charge in [0.2, 0.25) is 0 Å². The predicted molar refractivity (Wildman–Crippen MR) is 325 cm³/mol. The molecule has 0 spiro atoms. The van der Waals surface area contributed by atoms with Crippen LogP contribution in [-0.2, 0) is 19.2 Å². The minimum Gasteiger partial charge on any atom is -0.295 e. The maximum atomic E-state index is 11.6. The average molecular weight is 1040 g/mol. The van der Waals surface area contributed by atoms with E-state index in [0.717, 1.165) is 155 Å². The van der Waals surface area contributed by atoms with Crippen LogP contribution < -0.4 is 0 Å². The van der Waals surface area contributed by atoms with Gasteiger partial charge in [-0.1, -0.05) is 123 Å². The molecule has 0 heterocycles. The van der Waals surface area contributed by atoms with E-state index in [9.17, 15) is 19.2 Å². The highest BCUT2D eigenvalue weighted by Crippen LogP contribution is 2.68. The second-order valence-electron chi connectivity index (χ2n) is 25.2. The second-order valence-corrected chi connectivity index (χ2v) is 25.2. The van der Waals surface area contributed by atoms with E-state index in [4.69, 9.17) is 0 Å².